The number of nitrogens with one attached hydrogen (secondary N) is 2. The minimum absolute atomic E-state index is 0.0314. The summed E-state index contributed by atoms with van der Waals surface area (Å²) in [6.07, 6.45) is 0.709. The number of urea groups is 1. The van der Waals surface area contributed by atoms with Crippen LogP contribution in [-0.4, -0.2) is 48.4 Å². The molecule has 7 heteroatoms. The first-order chi connectivity index (χ1) is 7.50. The summed E-state index contributed by atoms with van der Waals surface area (Å²) >= 11 is 0. The molecule has 1 aliphatic rings. The third-order valence-electron chi connectivity index (χ3n) is 2.30. The zero-order valence-electron chi connectivity index (χ0n) is 9.16. The Balaban J connectivity index is 2.57. The molecule has 1 unspecified atom stereocenters. The molecule has 1 heterocycles. The van der Waals surface area contributed by atoms with Crippen molar-refractivity contribution in [1.29, 1.82) is 0 Å². The van der Waals surface area contributed by atoms with Gasteiger partial charge in [0.2, 0.25) is 11.8 Å². The summed E-state index contributed by atoms with van der Waals surface area (Å²) in [5.74, 6) is -0.479. The van der Waals surface area contributed by atoms with Crippen molar-refractivity contribution in [2.24, 2.45) is 5.73 Å². The van der Waals surface area contributed by atoms with Crippen molar-refractivity contribution in [2.45, 2.75) is 19.4 Å². The summed E-state index contributed by atoms with van der Waals surface area (Å²) in [5.41, 5.74) is 4.92. The van der Waals surface area contributed by atoms with Crippen LogP contribution in [0.25, 0.3) is 0 Å². The number of carbonyl (C=O) groups is 3. The van der Waals surface area contributed by atoms with E-state index in [1.165, 1.54) is 11.8 Å². The van der Waals surface area contributed by atoms with Gasteiger partial charge in [-0.05, 0) is 13.3 Å². The van der Waals surface area contributed by atoms with E-state index in [0.717, 1.165) is 0 Å². The zero-order valence-corrected chi connectivity index (χ0v) is 9.16. The van der Waals surface area contributed by atoms with E-state index in [9.17, 15) is 14.4 Å². The van der Waals surface area contributed by atoms with Crippen molar-refractivity contribution in [3.8, 4) is 0 Å². The first-order valence-electron chi connectivity index (χ1n) is 5.12. The van der Waals surface area contributed by atoms with Crippen molar-refractivity contribution in [2.75, 3.05) is 19.6 Å². The van der Waals surface area contributed by atoms with Crippen molar-refractivity contribution >= 4 is 17.8 Å². The van der Waals surface area contributed by atoms with Crippen molar-refractivity contribution in [1.82, 2.24) is 15.5 Å². The predicted octanol–water partition coefficient (Wildman–Crippen LogP) is -1.61. The van der Waals surface area contributed by atoms with Gasteiger partial charge in [-0.2, -0.15) is 0 Å². The molecule has 0 aliphatic carbocycles. The van der Waals surface area contributed by atoms with Gasteiger partial charge in [-0.1, -0.05) is 0 Å². The van der Waals surface area contributed by atoms with Gasteiger partial charge in [0.15, 0.2) is 0 Å². The summed E-state index contributed by atoms with van der Waals surface area (Å²) in [5, 5.41) is 4.96. The lowest BCUT2D eigenvalue weighted by Crippen LogP contribution is -2.50. The quantitative estimate of drug-likeness (QED) is 0.529. The second-order valence-corrected chi connectivity index (χ2v) is 3.69. The van der Waals surface area contributed by atoms with E-state index in [4.69, 9.17) is 5.73 Å². The number of primary amides is 1. The van der Waals surface area contributed by atoms with E-state index in [1.807, 2.05) is 0 Å². The number of hydrogen-bond acceptors (Lipinski definition) is 3. The van der Waals surface area contributed by atoms with E-state index in [1.54, 1.807) is 0 Å². The van der Waals surface area contributed by atoms with Crippen LogP contribution in [0.1, 0.15) is 13.3 Å². The van der Waals surface area contributed by atoms with Crippen molar-refractivity contribution in [3.63, 3.8) is 0 Å². The average Bonchev–Trinajstić information content (AvgIpc) is 2.40. The van der Waals surface area contributed by atoms with E-state index >= 15 is 0 Å². The molecule has 0 aromatic heterocycles. The van der Waals surface area contributed by atoms with Gasteiger partial charge in [-0.15, -0.1) is 0 Å². The van der Waals surface area contributed by atoms with Crippen LogP contribution >= 0.6 is 0 Å². The van der Waals surface area contributed by atoms with Crippen LogP contribution in [0.2, 0.25) is 0 Å². The number of rotatable bonds is 2. The Morgan fingerprint density at radius 2 is 2.25 bits per heavy atom. The van der Waals surface area contributed by atoms with Crippen molar-refractivity contribution < 1.29 is 14.4 Å². The molecule has 0 aromatic carbocycles. The molecule has 1 rings (SSSR count). The first kappa shape index (κ1) is 12.3. The van der Waals surface area contributed by atoms with Gasteiger partial charge in [-0.25, -0.2) is 4.79 Å². The van der Waals surface area contributed by atoms with Crippen molar-refractivity contribution in [3.05, 3.63) is 0 Å². The predicted molar refractivity (Wildman–Crippen MR) is 56.4 cm³/mol. The van der Waals surface area contributed by atoms with Crippen LogP contribution in [0, 0.1) is 0 Å². The van der Waals surface area contributed by atoms with Gasteiger partial charge < -0.3 is 21.3 Å². The lowest BCUT2D eigenvalue weighted by molar-refractivity contribution is -0.136. The van der Waals surface area contributed by atoms with E-state index in [2.05, 4.69) is 10.6 Å². The third kappa shape index (κ3) is 3.41. The molecule has 1 aliphatic heterocycles. The molecule has 0 bridgehead atoms. The monoisotopic (exact) mass is 228 g/mol. The maximum absolute atomic E-state index is 11.8. The summed E-state index contributed by atoms with van der Waals surface area (Å²) < 4.78 is 0. The number of hydrogen-bond donors (Lipinski definition) is 3. The number of nitrogens with zero attached hydrogens (tertiary/aromatic N) is 1. The molecule has 1 saturated heterocycles. The van der Waals surface area contributed by atoms with Crippen LogP contribution in [-0.2, 0) is 9.59 Å². The SMILES string of the molecule is CC(NC(N)=O)C(=O)N1CCCNC(=O)C1. The zero-order chi connectivity index (χ0) is 12.1. The van der Waals surface area contributed by atoms with Gasteiger partial charge >= 0.3 is 6.03 Å². The van der Waals surface area contributed by atoms with Gasteiger partial charge in [0.05, 0.1) is 6.54 Å². The highest BCUT2D eigenvalue weighted by Gasteiger charge is 2.24. The minimum atomic E-state index is -0.750. The summed E-state index contributed by atoms with van der Waals surface area (Å²) in [6, 6.07) is -1.46. The molecule has 0 radical (unpaired) electrons. The van der Waals surface area contributed by atoms with Gasteiger partial charge in [0.1, 0.15) is 6.04 Å². The van der Waals surface area contributed by atoms with Crippen LogP contribution < -0.4 is 16.4 Å². The van der Waals surface area contributed by atoms with Crippen LogP contribution in [0.5, 0.6) is 0 Å². The molecule has 0 saturated carbocycles. The summed E-state index contributed by atoms with van der Waals surface area (Å²) in [7, 11) is 0. The maximum Gasteiger partial charge on any atom is 0.312 e. The first-order valence-corrected chi connectivity index (χ1v) is 5.12. The van der Waals surface area contributed by atoms with E-state index < -0.39 is 12.1 Å². The Bertz CT molecular complexity index is 305. The highest BCUT2D eigenvalue weighted by molar-refractivity contribution is 5.89. The molecule has 1 fully saturated rings. The molecular formula is C9H16N4O3. The Morgan fingerprint density at radius 3 is 2.88 bits per heavy atom. The Hall–Kier alpha value is -1.79. The number of carbonyl (C=O) groups excluding carboxylic acids is 3. The second-order valence-electron chi connectivity index (χ2n) is 3.69. The molecule has 0 aromatic rings. The maximum atomic E-state index is 11.8. The topological polar surface area (TPSA) is 105 Å². The number of nitrogens with two attached hydrogens (primary N) is 1. The minimum Gasteiger partial charge on any atom is -0.354 e. The molecule has 1 atom stereocenters. The number of amides is 4. The van der Waals surface area contributed by atoms with Crippen LogP contribution in [0.4, 0.5) is 4.79 Å². The largest absolute Gasteiger partial charge is 0.354 e. The highest BCUT2D eigenvalue weighted by atomic mass is 16.2. The summed E-state index contributed by atoms with van der Waals surface area (Å²) in [6.45, 7) is 2.64. The van der Waals surface area contributed by atoms with E-state index in [-0.39, 0.29) is 18.4 Å². The molecule has 4 amide bonds. The fourth-order valence-electron chi connectivity index (χ4n) is 1.54. The van der Waals surface area contributed by atoms with Gasteiger partial charge in [0.25, 0.3) is 0 Å². The Morgan fingerprint density at radius 1 is 1.56 bits per heavy atom. The standard InChI is InChI=1S/C9H16N4O3/c1-6(12-9(10)16)8(15)13-4-2-3-11-7(14)5-13/h6H,2-5H2,1H3,(H,11,14)(H3,10,12,16). The average molecular weight is 228 g/mol. The fourth-order valence-corrected chi connectivity index (χ4v) is 1.54. The lowest BCUT2D eigenvalue weighted by atomic mass is 10.2. The molecule has 0 spiro atoms. The molecule has 7 nitrogen and oxygen atoms in total. The Labute approximate surface area is 93.3 Å². The van der Waals surface area contributed by atoms with Gasteiger partial charge in [-0.3, -0.25) is 9.59 Å². The smallest absolute Gasteiger partial charge is 0.312 e. The molecular weight excluding hydrogens is 212 g/mol. The lowest BCUT2D eigenvalue weighted by Gasteiger charge is -2.22. The highest BCUT2D eigenvalue weighted by Crippen LogP contribution is 2.00. The Kier molecular flexibility index (Phi) is 4.10. The van der Waals surface area contributed by atoms with Crippen LogP contribution in [0.3, 0.4) is 0 Å². The molecule has 90 valence electrons. The fraction of sp³-hybridized carbons (Fsp3) is 0.667. The molecule has 16 heavy (non-hydrogen) atoms. The molecule has 4 N–H and O–H groups in total. The van der Waals surface area contributed by atoms with Gasteiger partial charge in [0, 0.05) is 13.1 Å². The van der Waals surface area contributed by atoms with Crippen LogP contribution in [0.15, 0.2) is 0 Å². The van der Waals surface area contributed by atoms with E-state index in [0.29, 0.717) is 19.5 Å². The second kappa shape index (κ2) is 5.34. The third-order valence-corrected chi connectivity index (χ3v) is 2.30. The normalized spacial score (nSPS) is 18.3. The summed E-state index contributed by atoms with van der Waals surface area (Å²) in [4.78, 5) is 35.0.